The van der Waals surface area contributed by atoms with Crippen molar-refractivity contribution >= 4 is 11.0 Å². The van der Waals surface area contributed by atoms with Crippen LogP contribution in [0.3, 0.4) is 0 Å². The zero-order valence-corrected chi connectivity index (χ0v) is 14.0. The Labute approximate surface area is 145 Å². The van der Waals surface area contributed by atoms with Crippen LogP contribution in [0.2, 0.25) is 0 Å². The molecule has 0 amide bonds. The number of fused-ring (bicyclic) bond motifs is 1. The molecule has 2 aromatic heterocycles. The normalized spacial score (nSPS) is 11.1. The lowest BCUT2D eigenvalue weighted by atomic mass is 10.2. The second-order valence-corrected chi connectivity index (χ2v) is 6.08. The molecule has 0 aliphatic carbocycles. The highest BCUT2D eigenvalue weighted by molar-refractivity contribution is 5.74. The smallest absolute Gasteiger partial charge is 0.272 e. The van der Waals surface area contributed by atoms with Crippen LogP contribution >= 0.6 is 0 Å². The molecule has 0 bridgehead atoms. The van der Waals surface area contributed by atoms with Crippen LogP contribution in [0.4, 0.5) is 0 Å². The number of aryl methyl sites for hydroxylation is 1. The number of imidazole rings is 1. The van der Waals surface area contributed by atoms with Crippen LogP contribution < -0.4 is 5.56 Å². The van der Waals surface area contributed by atoms with Crippen LogP contribution in [-0.2, 0) is 13.1 Å². The van der Waals surface area contributed by atoms with Gasteiger partial charge < -0.3 is 4.57 Å². The van der Waals surface area contributed by atoms with Gasteiger partial charge in [-0.05, 0) is 24.6 Å². The van der Waals surface area contributed by atoms with Gasteiger partial charge in [-0.3, -0.25) is 9.36 Å². The number of nitrogens with zero attached hydrogens (tertiary/aromatic N) is 4. The summed E-state index contributed by atoms with van der Waals surface area (Å²) < 4.78 is 3.85. The van der Waals surface area contributed by atoms with Gasteiger partial charge in [0, 0.05) is 12.7 Å². The van der Waals surface area contributed by atoms with Crippen molar-refractivity contribution in [3.63, 3.8) is 0 Å². The first-order valence-corrected chi connectivity index (χ1v) is 8.21. The molecule has 0 atom stereocenters. The first-order valence-electron chi connectivity index (χ1n) is 8.21. The van der Waals surface area contributed by atoms with Crippen molar-refractivity contribution < 1.29 is 0 Å². The number of aromatic nitrogens is 4. The van der Waals surface area contributed by atoms with Crippen LogP contribution in [-0.4, -0.2) is 19.1 Å². The molecule has 0 N–H and O–H groups in total. The second-order valence-electron chi connectivity index (χ2n) is 6.08. The van der Waals surface area contributed by atoms with Gasteiger partial charge in [-0.1, -0.05) is 42.5 Å². The van der Waals surface area contributed by atoms with Crippen molar-refractivity contribution in [1.82, 2.24) is 19.1 Å². The standard InChI is InChI=1S/C20H18N4O/c1-15-20(25)24(19-10-6-5-9-18(19)22-15)13-17-11-21-14-23(17)12-16-7-3-2-4-8-16/h2-11,14H,12-13H2,1H3. The SMILES string of the molecule is Cc1nc2ccccc2n(Cc2cncn2Cc2ccccc2)c1=O. The fourth-order valence-corrected chi connectivity index (χ4v) is 3.04. The molecule has 0 saturated heterocycles. The summed E-state index contributed by atoms with van der Waals surface area (Å²) >= 11 is 0. The summed E-state index contributed by atoms with van der Waals surface area (Å²) in [4.78, 5) is 21.3. The minimum absolute atomic E-state index is 0.0637. The van der Waals surface area contributed by atoms with Crippen molar-refractivity contribution in [2.24, 2.45) is 0 Å². The highest BCUT2D eigenvalue weighted by Crippen LogP contribution is 2.13. The van der Waals surface area contributed by atoms with Crippen LogP contribution in [0.25, 0.3) is 11.0 Å². The van der Waals surface area contributed by atoms with E-state index in [2.05, 4.69) is 26.7 Å². The molecule has 0 aliphatic rings. The maximum Gasteiger partial charge on any atom is 0.272 e. The Morgan fingerprint density at radius 1 is 0.960 bits per heavy atom. The fourth-order valence-electron chi connectivity index (χ4n) is 3.04. The van der Waals surface area contributed by atoms with Gasteiger partial charge in [-0.15, -0.1) is 0 Å². The van der Waals surface area contributed by atoms with Crippen LogP contribution in [0.1, 0.15) is 17.0 Å². The van der Waals surface area contributed by atoms with E-state index in [0.717, 1.165) is 23.3 Å². The van der Waals surface area contributed by atoms with Crippen LogP contribution in [0.5, 0.6) is 0 Å². The van der Waals surface area contributed by atoms with E-state index in [1.54, 1.807) is 11.5 Å². The molecule has 124 valence electrons. The Morgan fingerprint density at radius 3 is 2.56 bits per heavy atom. The van der Waals surface area contributed by atoms with Gasteiger partial charge in [0.1, 0.15) is 5.69 Å². The molecular formula is C20H18N4O. The minimum atomic E-state index is -0.0637. The third-order valence-corrected chi connectivity index (χ3v) is 4.33. The van der Waals surface area contributed by atoms with Crippen molar-refractivity contribution in [2.75, 3.05) is 0 Å². The third-order valence-electron chi connectivity index (χ3n) is 4.33. The maximum atomic E-state index is 12.6. The number of hydrogen-bond donors (Lipinski definition) is 0. The summed E-state index contributed by atoms with van der Waals surface area (Å²) in [5.74, 6) is 0. The first kappa shape index (κ1) is 15.3. The highest BCUT2D eigenvalue weighted by atomic mass is 16.1. The third kappa shape index (κ3) is 2.96. The summed E-state index contributed by atoms with van der Waals surface area (Å²) in [7, 11) is 0. The molecule has 4 aromatic rings. The zero-order valence-electron chi connectivity index (χ0n) is 14.0. The van der Waals surface area contributed by atoms with Crippen molar-refractivity contribution in [3.05, 3.63) is 94.4 Å². The van der Waals surface area contributed by atoms with Gasteiger partial charge in [-0.25, -0.2) is 9.97 Å². The minimum Gasteiger partial charge on any atom is -0.328 e. The highest BCUT2D eigenvalue weighted by Gasteiger charge is 2.11. The average Bonchev–Trinajstić information content (AvgIpc) is 3.06. The van der Waals surface area contributed by atoms with Gasteiger partial charge in [0.25, 0.3) is 5.56 Å². The Balaban J connectivity index is 1.75. The summed E-state index contributed by atoms with van der Waals surface area (Å²) in [6.45, 7) is 2.95. The van der Waals surface area contributed by atoms with Crippen LogP contribution in [0, 0.1) is 6.92 Å². The van der Waals surface area contributed by atoms with E-state index in [0.29, 0.717) is 12.2 Å². The predicted molar refractivity (Wildman–Crippen MR) is 97.6 cm³/mol. The largest absolute Gasteiger partial charge is 0.328 e. The summed E-state index contributed by atoms with van der Waals surface area (Å²) in [5.41, 5.74) is 4.30. The topological polar surface area (TPSA) is 52.7 Å². The monoisotopic (exact) mass is 330 g/mol. The number of benzene rings is 2. The Hall–Kier alpha value is -3.21. The Bertz CT molecular complexity index is 1080. The molecule has 0 unspecified atom stereocenters. The van der Waals surface area contributed by atoms with E-state index >= 15 is 0 Å². The van der Waals surface area contributed by atoms with Gasteiger partial charge in [0.15, 0.2) is 0 Å². The van der Waals surface area contributed by atoms with Crippen molar-refractivity contribution in [3.8, 4) is 0 Å². The maximum absolute atomic E-state index is 12.6. The number of para-hydroxylation sites is 2. The Morgan fingerprint density at radius 2 is 1.72 bits per heavy atom. The molecular weight excluding hydrogens is 312 g/mol. The molecule has 0 saturated carbocycles. The molecule has 5 nitrogen and oxygen atoms in total. The number of rotatable bonds is 4. The molecule has 25 heavy (non-hydrogen) atoms. The Kier molecular flexibility index (Phi) is 3.90. The zero-order chi connectivity index (χ0) is 17.2. The van der Waals surface area contributed by atoms with Gasteiger partial charge >= 0.3 is 0 Å². The predicted octanol–water partition coefficient (Wildman–Crippen LogP) is 3.00. The summed E-state index contributed by atoms with van der Waals surface area (Å²) in [5, 5.41) is 0. The molecule has 0 fully saturated rings. The van der Waals surface area contributed by atoms with Crippen LogP contribution in [0.15, 0.2) is 71.9 Å². The lowest BCUT2D eigenvalue weighted by Gasteiger charge is -2.13. The van der Waals surface area contributed by atoms with Gasteiger partial charge in [0.2, 0.25) is 0 Å². The molecule has 0 aliphatic heterocycles. The fraction of sp³-hybridized carbons (Fsp3) is 0.150. The molecule has 0 radical (unpaired) electrons. The van der Waals surface area contributed by atoms with Gasteiger partial charge in [0.05, 0.1) is 29.6 Å². The average molecular weight is 330 g/mol. The second kappa shape index (κ2) is 6.36. The summed E-state index contributed by atoms with van der Waals surface area (Å²) in [6.07, 6.45) is 3.63. The molecule has 5 heteroatoms. The van der Waals surface area contributed by atoms with E-state index in [1.165, 1.54) is 5.56 Å². The molecule has 0 spiro atoms. The van der Waals surface area contributed by atoms with E-state index < -0.39 is 0 Å². The van der Waals surface area contributed by atoms with Crippen molar-refractivity contribution in [2.45, 2.75) is 20.0 Å². The first-order chi connectivity index (χ1) is 12.2. The van der Waals surface area contributed by atoms with Gasteiger partial charge in [-0.2, -0.15) is 0 Å². The van der Waals surface area contributed by atoms with E-state index in [1.807, 2.05) is 55.0 Å². The molecule has 2 aromatic carbocycles. The molecule has 2 heterocycles. The van der Waals surface area contributed by atoms with E-state index in [4.69, 9.17) is 0 Å². The summed E-state index contributed by atoms with van der Waals surface area (Å²) in [6, 6.07) is 17.9. The van der Waals surface area contributed by atoms with E-state index in [9.17, 15) is 4.79 Å². The van der Waals surface area contributed by atoms with E-state index in [-0.39, 0.29) is 5.56 Å². The quantitative estimate of drug-likeness (QED) is 0.578. The number of hydrogen-bond acceptors (Lipinski definition) is 3. The lowest BCUT2D eigenvalue weighted by Crippen LogP contribution is -2.25. The molecule has 4 rings (SSSR count). The van der Waals surface area contributed by atoms with Crippen molar-refractivity contribution in [1.29, 1.82) is 0 Å². The lowest BCUT2D eigenvalue weighted by molar-refractivity contribution is 0.680.